The topological polar surface area (TPSA) is 35.0 Å². The summed E-state index contributed by atoms with van der Waals surface area (Å²) in [5, 5.41) is 0. The van der Waals surface area contributed by atoms with E-state index in [1.54, 1.807) is 31.3 Å². The molecule has 2 aromatic rings. The van der Waals surface area contributed by atoms with Gasteiger partial charge in [0.15, 0.2) is 11.6 Å². The summed E-state index contributed by atoms with van der Waals surface area (Å²) in [6.07, 6.45) is 2.97. The average molecular weight is 330 g/mol. The molecule has 0 bridgehead atoms. The van der Waals surface area contributed by atoms with Gasteiger partial charge in [-0.2, -0.15) is 0 Å². The summed E-state index contributed by atoms with van der Waals surface area (Å²) < 4.78 is 19.8. The normalized spacial score (nSPS) is 10.2. The fraction of sp³-hybridized carbons (Fsp3) is 0.0909. The van der Waals surface area contributed by atoms with Crippen LogP contribution in [0.2, 0.25) is 0 Å². The van der Waals surface area contributed by atoms with Gasteiger partial charge in [0, 0.05) is 6.20 Å². The molecule has 5 heteroatoms. The van der Waals surface area contributed by atoms with Crippen LogP contribution < -0.4 is 4.74 Å². The summed E-state index contributed by atoms with van der Waals surface area (Å²) in [6.45, 7) is 1.69. The molecule has 1 aromatic carbocycles. The lowest BCUT2D eigenvalue weighted by atomic mass is 10.2. The van der Waals surface area contributed by atoms with E-state index in [1.165, 1.54) is 6.33 Å². The fourth-order valence-corrected chi connectivity index (χ4v) is 1.59. The molecule has 0 aliphatic carbocycles. The van der Waals surface area contributed by atoms with Crippen LogP contribution in [0, 0.1) is 16.3 Å². The molecule has 2 rings (SSSR count). The van der Waals surface area contributed by atoms with Crippen molar-refractivity contribution in [2.75, 3.05) is 0 Å². The lowest BCUT2D eigenvalue weighted by Crippen LogP contribution is -1.95. The van der Waals surface area contributed by atoms with E-state index in [2.05, 4.69) is 9.97 Å². The largest absolute Gasteiger partial charge is 0.435 e. The molecule has 16 heavy (non-hydrogen) atoms. The Morgan fingerprint density at radius 2 is 2.19 bits per heavy atom. The predicted molar refractivity (Wildman–Crippen MR) is 66.0 cm³/mol. The highest BCUT2D eigenvalue weighted by atomic mass is 127. The Bertz CT molecular complexity index is 519. The molecule has 0 aliphatic heterocycles. The Kier molecular flexibility index (Phi) is 3.33. The van der Waals surface area contributed by atoms with Crippen molar-refractivity contribution >= 4 is 22.6 Å². The van der Waals surface area contributed by atoms with Crippen molar-refractivity contribution in [2.45, 2.75) is 6.92 Å². The van der Waals surface area contributed by atoms with Crippen LogP contribution in [0.25, 0.3) is 0 Å². The molecule has 0 unspecified atom stereocenters. The highest BCUT2D eigenvalue weighted by Gasteiger charge is 2.09. The third-order valence-electron chi connectivity index (χ3n) is 2.00. The molecule has 0 N–H and O–H groups in total. The molecule has 0 atom stereocenters. The summed E-state index contributed by atoms with van der Waals surface area (Å²) in [7, 11) is 0. The number of rotatable bonds is 2. The summed E-state index contributed by atoms with van der Waals surface area (Å²) in [5.41, 5.74) is 0.543. The Hall–Kier alpha value is -1.24. The zero-order chi connectivity index (χ0) is 11.5. The number of hydrogen-bond donors (Lipinski definition) is 0. The number of aryl methyl sites for hydroxylation is 1. The van der Waals surface area contributed by atoms with E-state index in [0.717, 1.165) is 3.57 Å². The van der Waals surface area contributed by atoms with Crippen molar-refractivity contribution < 1.29 is 9.13 Å². The first-order valence-electron chi connectivity index (χ1n) is 4.57. The summed E-state index contributed by atoms with van der Waals surface area (Å²) in [5.74, 6) is 0.175. The van der Waals surface area contributed by atoms with Gasteiger partial charge in [-0.3, -0.25) is 0 Å². The number of hydrogen-bond acceptors (Lipinski definition) is 3. The van der Waals surface area contributed by atoms with E-state index in [4.69, 9.17) is 4.74 Å². The van der Waals surface area contributed by atoms with Crippen LogP contribution in [-0.4, -0.2) is 9.97 Å². The predicted octanol–water partition coefficient (Wildman–Crippen LogP) is 3.32. The molecule has 0 radical (unpaired) electrons. The van der Waals surface area contributed by atoms with Gasteiger partial charge in [0.2, 0.25) is 5.88 Å². The lowest BCUT2D eigenvalue weighted by Gasteiger charge is -2.07. The van der Waals surface area contributed by atoms with E-state index in [9.17, 15) is 4.39 Å². The standard InChI is InChI=1S/C11H8FIN2O/c1-7-3-2-4-9(10(7)12)16-11-8(13)5-14-6-15-11/h2-6H,1H3. The van der Waals surface area contributed by atoms with Crippen molar-refractivity contribution in [1.82, 2.24) is 9.97 Å². The van der Waals surface area contributed by atoms with Crippen molar-refractivity contribution in [3.63, 3.8) is 0 Å². The van der Waals surface area contributed by atoms with Crippen molar-refractivity contribution in [3.8, 4) is 11.6 Å². The van der Waals surface area contributed by atoms with Crippen molar-refractivity contribution in [2.24, 2.45) is 0 Å². The van der Waals surface area contributed by atoms with Crippen molar-refractivity contribution in [3.05, 3.63) is 45.7 Å². The number of nitrogens with zero attached hydrogens (tertiary/aromatic N) is 2. The number of aromatic nitrogens is 2. The second-order valence-corrected chi connectivity index (χ2v) is 4.33. The van der Waals surface area contributed by atoms with Gasteiger partial charge < -0.3 is 4.74 Å². The first kappa shape index (κ1) is 11.3. The maximum absolute atomic E-state index is 13.6. The molecule has 3 nitrogen and oxygen atoms in total. The third kappa shape index (κ3) is 2.29. The minimum Gasteiger partial charge on any atom is -0.435 e. The third-order valence-corrected chi connectivity index (χ3v) is 2.74. The molecule has 0 amide bonds. The highest BCUT2D eigenvalue weighted by Crippen LogP contribution is 2.27. The van der Waals surface area contributed by atoms with Crippen molar-refractivity contribution in [1.29, 1.82) is 0 Å². The Labute approximate surface area is 106 Å². The van der Waals surface area contributed by atoms with Crippen LogP contribution >= 0.6 is 22.6 Å². The van der Waals surface area contributed by atoms with Crippen LogP contribution in [0.3, 0.4) is 0 Å². The Morgan fingerprint density at radius 1 is 1.38 bits per heavy atom. The molecule has 0 saturated heterocycles. The summed E-state index contributed by atoms with van der Waals surface area (Å²) in [6, 6.07) is 5.00. The van der Waals surface area contributed by atoms with E-state index in [0.29, 0.717) is 11.4 Å². The molecule has 82 valence electrons. The maximum atomic E-state index is 13.6. The average Bonchev–Trinajstić information content (AvgIpc) is 2.28. The second-order valence-electron chi connectivity index (χ2n) is 3.16. The Balaban J connectivity index is 2.35. The number of ether oxygens (including phenoxy) is 1. The first-order chi connectivity index (χ1) is 7.68. The number of halogens is 2. The molecule has 0 fully saturated rings. The van der Waals surface area contributed by atoms with Gasteiger partial charge in [-0.05, 0) is 41.1 Å². The van der Waals surface area contributed by atoms with E-state index in [1.807, 2.05) is 22.6 Å². The van der Waals surface area contributed by atoms with Crippen LogP contribution in [0.15, 0.2) is 30.7 Å². The van der Waals surface area contributed by atoms with Gasteiger partial charge >= 0.3 is 0 Å². The van der Waals surface area contributed by atoms with Crippen LogP contribution in [0.1, 0.15) is 5.56 Å². The fourth-order valence-electron chi connectivity index (χ4n) is 1.18. The summed E-state index contributed by atoms with van der Waals surface area (Å²) in [4.78, 5) is 7.77. The molecule has 0 spiro atoms. The van der Waals surface area contributed by atoms with Gasteiger partial charge in [0.25, 0.3) is 0 Å². The minimum absolute atomic E-state index is 0.177. The van der Waals surface area contributed by atoms with Gasteiger partial charge in [0.05, 0.1) is 3.57 Å². The van der Waals surface area contributed by atoms with Gasteiger partial charge in [-0.25, -0.2) is 14.4 Å². The smallest absolute Gasteiger partial charge is 0.235 e. The number of benzene rings is 1. The van der Waals surface area contributed by atoms with Crippen LogP contribution in [0.5, 0.6) is 11.6 Å². The molecule has 1 aromatic heterocycles. The highest BCUT2D eigenvalue weighted by molar-refractivity contribution is 14.1. The lowest BCUT2D eigenvalue weighted by molar-refractivity contribution is 0.421. The summed E-state index contributed by atoms with van der Waals surface area (Å²) >= 11 is 2.04. The second kappa shape index (κ2) is 4.73. The Morgan fingerprint density at radius 3 is 2.94 bits per heavy atom. The molecule has 0 aliphatic rings. The van der Waals surface area contributed by atoms with Gasteiger partial charge in [0.1, 0.15) is 6.33 Å². The quantitative estimate of drug-likeness (QED) is 0.793. The zero-order valence-electron chi connectivity index (χ0n) is 8.45. The molecule has 1 heterocycles. The van der Waals surface area contributed by atoms with E-state index >= 15 is 0 Å². The van der Waals surface area contributed by atoms with Gasteiger partial charge in [-0.15, -0.1) is 0 Å². The van der Waals surface area contributed by atoms with Crippen LogP contribution in [-0.2, 0) is 0 Å². The van der Waals surface area contributed by atoms with Gasteiger partial charge in [-0.1, -0.05) is 12.1 Å². The monoisotopic (exact) mass is 330 g/mol. The van der Waals surface area contributed by atoms with E-state index < -0.39 is 0 Å². The molecular formula is C11H8FIN2O. The minimum atomic E-state index is -0.364. The molecule has 0 saturated carbocycles. The molecular weight excluding hydrogens is 322 g/mol. The van der Waals surface area contributed by atoms with Crippen LogP contribution in [0.4, 0.5) is 4.39 Å². The SMILES string of the molecule is Cc1cccc(Oc2ncncc2I)c1F. The zero-order valence-corrected chi connectivity index (χ0v) is 10.6. The maximum Gasteiger partial charge on any atom is 0.235 e. The first-order valence-corrected chi connectivity index (χ1v) is 5.65. The van der Waals surface area contributed by atoms with E-state index in [-0.39, 0.29) is 11.6 Å².